The largest absolute Gasteiger partial charge is 0.486 e. The Morgan fingerprint density at radius 2 is 1.68 bits per heavy atom. The Morgan fingerprint density at radius 1 is 1.03 bits per heavy atom. The molecule has 1 heterocycles. The molecule has 2 aromatic carbocycles. The molecule has 1 N–H and O–H groups in total. The first-order valence-corrected chi connectivity index (χ1v) is 9.83. The van der Waals surface area contributed by atoms with Crippen LogP contribution in [0.25, 0.3) is 0 Å². The topological polar surface area (TPSA) is 71.8 Å². The summed E-state index contributed by atoms with van der Waals surface area (Å²) in [4.78, 5) is 26.3. The average Bonchev–Trinajstić information content (AvgIpc) is 3.18. The fourth-order valence-electron chi connectivity index (χ4n) is 3.29. The molecule has 2 amide bonds. The van der Waals surface area contributed by atoms with Crippen molar-refractivity contribution in [1.29, 1.82) is 0 Å². The molecular weight excluding hydrogens is 399 g/mol. The number of halogens is 1. The summed E-state index contributed by atoms with van der Waals surface area (Å²) in [7, 11) is 1.54. The smallest absolute Gasteiger partial charge is 0.289 e. The number of carbonyl (C=O) groups excluding carboxylic acids is 2. The van der Waals surface area contributed by atoms with Crippen molar-refractivity contribution in [3.05, 3.63) is 82.6 Å². The van der Waals surface area contributed by atoms with Crippen LogP contribution < -0.4 is 10.1 Å². The van der Waals surface area contributed by atoms with E-state index in [1.807, 2.05) is 32.9 Å². The van der Waals surface area contributed by atoms with E-state index in [4.69, 9.17) is 9.15 Å². The highest BCUT2D eigenvalue weighted by atomic mass is 19.1. The zero-order valence-electron chi connectivity index (χ0n) is 18.0. The summed E-state index contributed by atoms with van der Waals surface area (Å²) in [5.74, 6) is -0.0239. The molecule has 0 aliphatic rings. The molecule has 0 unspecified atom stereocenters. The van der Waals surface area contributed by atoms with Crippen LogP contribution in [0.1, 0.15) is 33.0 Å². The summed E-state index contributed by atoms with van der Waals surface area (Å²) in [5, 5.41) is 2.88. The van der Waals surface area contributed by atoms with Gasteiger partial charge < -0.3 is 19.4 Å². The monoisotopic (exact) mass is 424 g/mol. The highest BCUT2D eigenvalue weighted by Gasteiger charge is 2.19. The number of amides is 2. The van der Waals surface area contributed by atoms with Crippen molar-refractivity contribution in [2.24, 2.45) is 0 Å². The molecule has 0 aliphatic carbocycles. The molecule has 0 radical (unpaired) electrons. The van der Waals surface area contributed by atoms with Gasteiger partial charge in [-0.25, -0.2) is 4.39 Å². The van der Waals surface area contributed by atoms with Crippen molar-refractivity contribution >= 4 is 17.5 Å². The maximum absolute atomic E-state index is 12.9. The summed E-state index contributed by atoms with van der Waals surface area (Å²) in [6, 6.07) is 12.8. The highest BCUT2D eigenvalue weighted by Crippen LogP contribution is 2.22. The number of hydrogen-bond donors (Lipinski definition) is 1. The van der Waals surface area contributed by atoms with Crippen molar-refractivity contribution < 1.29 is 23.1 Å². The number of benzene rings is 2. The molecule has 0 saturated heterocycles. The number of likely N-dealkylation sites (N-methyl/N-ethyl adjacent to an activating group) is 1. The molecule has 3 aromatic rings. The Bertz CT molecular complexity index is 1070. The SMILES string of the molecule is Cc1cc(C)c(NC(=O)CN(C)C(=O)c2ccc(COc3ccc(F)cc3)o2)c(C)c1. The van der Waals surface area contributed by atoms with Crippen LogP contribution in [0.4, 0.5) is 10.1 Å². The van der Waals surface area contributed by atoms with Crippen LogP contribution in [0.3, 0.4) is 0 Å². The second-order valence-corrected chi connectivity index (χ2v) is 7.49. The third-order valence-corrected chi connectivity index (χ3v) is 4.74. The van der Waals surface area contributed by atoms with Crippen LogP contribution in [0.5, 0.6) is 5.75 Å². The van der Waals surface area contributed by atoms with E-state index in [0.717, 1.165) is 22.4 Å². The first kappa shape index (κ1) is 22.1. The van der Waals surface area contributed by atoms with Gasteiger partial charge in [-0.3, -0.25) is 9.59 Å². The fourth-order valence-corrected chi connectivity index (χ4v) is 3.29. The second-order valence-electron chi connectivity index (χ2n) is 7.49. The van der Waals surface area contributed by atoms with Gasteiger partial charge in [-0.2, -0.15) is 0 Å². The second kappa shape index (κ2) is 9.47. The Kier molecular flexibility index (Phi) is 6.74. The normalized spacial score (nSPS) is 10.6. The van der Waals surface area contributed by atoms with Crippen LogP contribution >= 0.6 is 0 Å². The fraction of sp³-hybridized carbons (Fsp3) is 0.250. The number of ether oxygens (including phenoxy) is 1. The molecule has 162 valence electrons. The van der Waals surface area contributed by atoms with Crippen LogP contribution in [-0.2, 0) is 11.4 Å². The van der Waals surface area contributed by atoms with Crippen LogP contribution in [0.15, 0.2) is 52.9 Å². The molecule has 6 nitrogen and oxygen atoms in total. The van der Waals surface area contributed by atoms with Gasteiger partial charge in [-0.05, 0) is 68.3 Å². The van der Waals surface area contributed by atoms with E-state index in [-0.39, 0.29) is 30.6 Å². The zero-order valence-corrected chi connectivity index (χ0v) is 18.0. The van der Waals surface area contributed by atoms with Gasteiger partial charge in [0, 0.05) is 12.7 Å². The van der Waals surface area contributed by atoms with Gasteiger partial charge in [0.05, 0.1) is 6.54 Å². The zero-order chi connectivity index (χ0) is 22.5. The molecule has 0 atom stereocenters. The maximum Gasteiger partial charge on any atom is 0.289 e. The van der Waals surface area contributed by atoms with E-state index < -0.39 is 5.91 Å². The maximum atomic E-state index is 12.9. The third kappa shape index (κ3) is 5.72. The Labute approximate surface area is 180 Å². The first-order chi connectivity index (χ1) is 14.7. The van der Waals surface area contributed by atoms with Crippen molar-refractivity contribution in [2.75, 3.05) is 18.9 Å². The molecular formula is C24H25FN2O4. The van der Waals surface area contributed by atoms with E-state index in [9.17, 15) is 14.0 Å². The standard InChI is InChI=1S/C24H25FN2O4/c1-15-11-16(2)23(17(3)12-15)26-22(28)13-27(4)24(29)21-10-9-20(31-21)14-30-19-7-5-18(25)6-8-19/h5-12H,13-14H2,1-4H3,(H,26,28). The van der Waals surface area contributed by atoms with Crippen molar-refractivity contribution in [3.63, 3.8) is 0 Å². The lowest BCUT2D eigenvalue weighted by atomic mass is 10.1. The number of rotatable bonds is 7. The lowest BCUT2D eigenvalue weighted by Gasteiger charge is -2.17. The quantitative estimate of drug-likeness (QED) is 0.600. The number of carbonyl (C=O) groups is 2. The number of aryl methyl sites for hydroxylation is 3. The number of furan rings is 1. The molecule has 3 rings (SSSR count). The molecule has 0 bridgehead atoms. The third-order valence-electron chi connectivity index (χ3n) is 4.74. The van der Waals surface area contributed by atoms with Crippen LogP contribution in [0, 0.1) is 26.6 Å². The summed E-state index contributed by atoms with van der Waals surface area (Å²) in [6.07, 6.45) is 0. The van der Waals surface area contributed by atoms with E-state index in [1.54, 1.807) is 6.07 Å². The van der Waals surface area contributed by atoms with Crippen molar-refractivity contribution in [3.8, 4) is 5.75 Å². The van der Waals surface area contributed by atoms with Crippen molar-refractivity contribution in [1.82, 2.24) is 4.90 Å². The van der Waals surface area contributed by atoms with E-state index in [2.05, 4.69) is 5.32 Å². The van der Waals surface area contributed by atoms with Gasteiger partial charge in [0.15, 0.2) is 5.76 Å². The minimum atomic E-state index is -0.416. The summed E-state index contributed by atoms with van der Waals surface area (Å²) >= 11 is 0. The van der Waals surface area contributed by atoms with E-state index >= 15 is 0 Å². The minimum Gasteiger partial charge on any atom is -0.486 e. The number of anilines is 1. The van der Waals surface area contributed by atoms with Gasteiger partial charge >= 0.3 is 0 Å². The van der Waals surface area contributed by atoms with Crippen LogP contribution in [-0.4, -0.2) is 30.3 Å². The van der Waals surface area contributed by atoms with Gasteiger partial charge in [-0.15, -0.1) is 0 Å². The van der Waals surface area contributed by atoms with Crippen molar-refractivity contribution in [2.45, 2.75) is 27.4 Å². The predicted molar refractivity (Wildman–Crippen MR) is 116 cm³/mol. The van der Waals surface area contributed by atoms with Crippen LogP contribution in [0.2, 0.25) is 0 Å². The predicted octanol–water partition coefficient (Wildman–Crippen LogP) is 4.63. The van der Waals surface area contributed by atoms with Gasteiger partial charge in [0.25, 0.3) is 5.91 Å². The van der Waals surface area contributed by atoms with Gasteiger partial charge in [-0.1, -0.05) is 17.7 Å². The molecule has 31 heavy (non-hydrogen) atoms. The molecule has 0 spiro atoms. The van der Waals surface area contributed by atoms with Gasteiger partial charge in [0.1, 0.15) is 23.9 Å². The minimum absolute atomic E-state index is 0.0924. The molecule has 0 fully saturated rings. The first-order valence-electron chi connectivity index (χ1n) is 9.83. The van der Waals surface area contributed by atoms with Gasteiger partial charge in [0.2, 0.25) is 5.91 Å². The summed E-state index contributed by atoms with van der Waals surface area (Å²) < 4.78 is 24.0. The Hall–Kier alpha value is -3.61. The van der Waals surface area contributed by atoms with E-state index in [1.165, 1.54) is 42.3 Å². The van der Waals surface area contributed by atoms with E-state index in [0.29, 0.717) is 11.5 Å². The molecule has 0 aliphatic heterocycles. The Balaban J connectivity index is 1.56. The number of nitrogens with one attached hydrogen (secondary N) is 1. The number of nitrogens with zero attached hydrogens (tertiary/aromatic N) is 1. The molecule has 1 aromatic heterocycles. The highest BCUT2D eigenvalue weighted by molar-refractivity contribution is 5.98. The molecule has 0 saturated carbocycles. The Morgan fingerprint density at radius 3 is 2.32 bits per heavy atom. The summed E-state index contributed by atoms with van der Waals surface area (Å²) in [6.45, 7) is 5.84. The lowest BCUT2D eigenvalue weighted by molar-refractivity contribution is -0.116. The lowest BCUT2D eigenvalue weighted by Crippen LogP contribution is -2.35. The summed E-state index contributed by atoms with van der Waals surface area (Å²) in [5.41, 5.74) is 3.82. The number of hydrogen-bond acceptors (Lipinski definition) is 4. The average molecular weight is 424 g/mol. The molecule has 7 heteroatoms.